The van der Waals surface area contributed by atoms with E-state index in [4.69, 9.17) is 0 Å². The maximum atomic E-state index is 2.32. The first-order valence-corrected chi connectivity index (χ1v) is 12.9. The van der Waals surface area contributed by atoms with Gasteiger partial charge in [0.25, 0.3) is 0 Å². The monoisotopic (exact) mass is 403 g/mol. The van der Waals surface area contributed by atoms with Crippen LogP contribution in [0.1, 0.15) is 122 Å². The summed E-state index contributed by atoms with van der Waals surface area (Å²) in [4.78, 5) is 2.15. The van der Waals surface area contributed by atoms with Crippen molar-refractivity contribution < 1.29 is 4.57 Å². The second-order valence-electron chi connectivity index (χ2n) is 9.20. The van der Waals surface area contributed by atoms with Crippen molar-refractivity contribution in [2.24, 2.45) is 0 Å². The van der Waals surface area contributed by atoms with E-state index < -0.39 is 0 Å². The molecule has 0 aliphatic rings. The lowest BCUT2D eigenvalue weighted by Crippen LogP contribution is -2.32. The Hall–Kier alpha value is -1.05. The third kappa shape index (κ3) is 15.5. The molecule has 0 atom stereocenters. The second kappa shape index (κ2) is 18.9. The van der Waals surface area contributed by atoms with Crippen molar-refractivity contribution in [3.8, 4) is 0 Å². The average molecular weight is 404 g/mol. The van der Waals surface area contributed by atoms with Crippen LogP contribution in [0, 0.1) is 0 Å². The summed E-state index contributed by atoms with van der Waals surface area (Å²) in [5.74, 6) is 0. The summed E-state index contributed by atoms with van der Waals surface area (Å²) in [6.45, 7) is 3.46. The van der Waals surface area contributed by atoms with Gasteiger partial charge in [0.2, 0.25) is 0 Å². The zero-order valence-electron chi connectivity index (χ0n) is 20.1. The van der Waals surface area contributed by atoms with Gasteiger partial charge < -0.3 is 4.90 Å². The number of nitrogens with zero attached hydrogens (tertiary/aromatic N) is 2. The van der Waals surface area contributed by atoms with Crippen LogP contribution in [0.3, 0.4) is 0 Å². The lowest BCUT2D eigenvalue weighted by molar-refractivity contribution is -0.697. The SMILES string of the molecule is CCCCCCCCCCCCCCCCCCCC[n+]1ccc(N(C)C)cc1. The van der Waals surface area contributed by atoms with Crippen molar-refractivity contribution >= 4 is 5.69 Å². The van der Waals surface area contributed by atoms with Gasteiger partial charge in [-0.1, -0.05) is 110 Å². The maximum absolute atomic E-state index is 2.32. The fourth-order valence-electron chi connectivity index (χ4n) is 4.09. The summed E-state index contributed by atoms with van der Waals surface area (Å²) in [5.41, 5.74) is 1.28. The molecule has 0 aromatic carbocycles. The number of pyridine rings is 1. The minimum atomic E-state index is 1.16. The van der Waals surface area contributed by atoms with Crippen molar-refractivity contribution in [3.63, 3.8) is 0 Å². The lowest BCUT2D eigenvalue weighted by atomic mass is 10.0. The summed E-state index contributed by atoms with van der Waals surface area (Å²) in [5, 5.41) is 0. The highest BCUT2D eigenvalue weighted by Crippen LogP contribution is 2.14. The molecule has 0 radical (unpaired) electrons. The molecule has 29 heavy (non-hydrogen) atoms. The average Bonchev–Trinajstić information content (AvgIpc) is 2.73. The Morgan fingerprint density at radius 2 is 0.897 bits per heavy atom. The Balaban J connectivity index is 1.77. The quantitative estimate of drug-likeness (QED) is 0.158. The molecule has 0 aliphatic carbocycles. The molecule has 0 amide bonds. The number of rotatable bonds is 20. The van der Waals surface area contributed by atoms with E-state index in [9.17, 15) is 0 Å². The van der Waals surface area contributed by atoms with E-state index in [-0.39, 0.29) is 0 Å². The largest absolute Gasteiger partial charge is 0.377 e. The molecule has 0 saturated carbocycles. The summed E-state index contributed by atoms with van der Waals surface area (Å²) in [6.07, 6.45) is 30.4. The topological polar surface area (TPSA) is 7.12 Å². The number of hydrogen-bond donors (Lipinski definition) is 0. The van der Waals surface area contributed by atoms with Crippen LogP contribution in [0.4, 0.5) is 5.69 Å². The van der Waals surface area contributed by atoms with Crippen molar-refractivity contribution in [2.45, 2.75) is 129 Å². The molecule has 0 spiro atoms. The van der Waals surface area contributed by atoms with Crippen LogP contribution in [0.25, 0.3) is 0 Å². The van der Waals surface area contributed by atoms with Gasteiger partial charge in [-0.25, -0.2) is 4.57 Å². The molecule has 0 N–H and O–H groups in total. The van der Waals surface area contributed by atoms with Crippen LogP contribution >= 0.6 is 0 Å². The zero-order valence-corrected chi connectivity index (χ0v) is 20.1. The predicted octanol–water partition coefficient (Wildman–Crippen LogP) is 8.08. The second-order valence-corrected chi connectivity index (χ2v) is 9.20. The molecule has 1 aromatic heterocycles. The number of hydrogen-bond acceptors (Lipinski definition) is 1. The molecule has 1 heterocycles. The first-order valence-electron chi connectivity index (χ1n) is 12.9. The molecule has 0 fully saturated rings. The van der Waals surface area contributed by atoms with Gasteiger partial charge in [0.15, 0.2) is 12.4 Å². The Labute approximate surface area is 183 Å². The number of aromatic nitrogens is 1. The van der Waals surface area contributed by atoms with Crippen molar-refractivity contribution in [2.75, 3.05) is 19.0 Å². The van der Waals surface area contributed by atoms with Gasteiger partial charge in [-0.05, 0) is 6.42 Å². The molecule has 0 bridgehead atoms. The van der Waals surface area contributed by atoms with Gasteiger partial charge in [-0.3, -0.25) is 0 Å². The molecule has 168 valence electrons. The highest BCUT2D eigenvalue weighted by molar-refractivity contribution is 5.41. The van der Waals surface area contributed by atoms with Crippen molar-refractivity contribution in [1.29, 1.82) is 0 Å². The predicted molar refractivity (Wildman–Crippen MR) is 130 cm³/mol. The van der Waals surface area contributed by atoms with Crippen LogP contribution in [0.5, 0.6) is 0 Å². The molecule has 1 aromatic rings. The van der Waals surface area contributed by atoms with Gasteiger partial charge in [0.1, 0.15) is 6.54 Å². The normalized spacial score (nSPS) is 11.1. The molecule has 1 rings (SSSR count). The standard InChI is InChI=1S/C27H51N2/c1-4-5-6-7-8-9-10-11-12-13-14-15-16-17-18-19-20-21-24-29-25-22-27(23-26-29)28(2)3/h22-23,25-26H,4-21,24H2,1-3H3/q+1. The Kier molecular flexibility index (Phi) is 17.0. The first kappa shape index (κ1) is 26.0. The minimum absolute atomic E-state index is 1.16. The summed E-state index contributed by atoms with van der Waals surface area (Å²) in [6, 6.07) is 4.41. The third-order valence-electron chi connectivity index (χ3n) is 6.16. The van der Waals surface area contributed by atoms with E-state index in [0.717, 1.165) is 6.54 Å². The summed E-state index contributed by atoms with van der Waals surface area (Å²) >= 11 is 0. The van der Waals surface area contributed by atoms with E-state index in [1.165, 1.54) is 121 Å². The highest BCUT2D eigenvalue weighted by Gasteiger charge is 2.02. The molecule has 2 nitrogen and oxygen atoms in total. The molecule has 2 heteroatoms. The van der Waals surface area contributed by atoms with Crippen LogP contribution < -0.4 is 9.47 Å². The number of aryl methyl sites for hydroxylation is 1. The number of anilines is 1. The summed E-state index contributed by atoms with van der Waals surface area (Å²) < 4.78 is 2.32. The van der Waals surface area contributed by atoms with E-state index in [0.29, 0.717) is 0 Å². The lowest BCUT2D eigenvalue weighted by Gasteiger charge is -2.10. The molecule has 0 aliphatic heterocycles. The van der Waals surface area contributed by atoms with Gasteiger partial charge in [-0.2, -0.15) is 0 Å². The molecular formula is C27H51N2+. The molecule has 0 saturated heterocycles. The van der Waals surface area contributed by atoms with Gasteiger partial charge in [-0.15, -0.1) is 0 Å². The Morgan fingerprint density at radius 1 is 0.552 bits per heavy atom. The van der Waals surface area contributed by atoms with E-state index in [1.54, 1.807) is 0 Å². The van der Waals surface area contributed by atoms with Gasteiger partial charge in [0.05, 0.1) is 0 Å². The van der Waals surface area contributed by atoms with E-state index in [1.807, 2.05) is 0 Å². The van der Waals surface area contributed by atoms with Crippen molar-refractivity contribution in [1.82, 2.24) is 0 Å². The molecular weight excluding hydrogens is 352 g/mol. The van der Waals surface area contributed by atoms with Gasteiger partial charge in [0, 0.05) is 38.3 Å². The Morgan fingerprint density at radius 3 is 1.24 bits per heavy atom. The van der Waals surface area contributed by atoms with Crippen molar-refractivity contribution in [3.05, 3.63) is 24.5 Å². The third-order valence-corrected chi connectivity index (χ3v) is 6.16. The van der Waals surface area contributed by atoms with Gasteiger partial charge >= 0.3 is 0 Å². The van der Waals surface area contributed by atoms with Crippen LogP contribution in [0.2, 0.25) is 0 Å². The smallest absolute Gasteiger partial charge is 0.170 e. The fraction of sp³-hybridized carbons (Fsp3) is 0.815. The number of unbranched alkanes of at least 4 members (excludes halogenated alkanes) is 17. The Bertz CT molecular complexity index is 452. The molecule has 0 unspecified atom stereocenters. The highest BCUT2D eigenvalue weighted by atomic mass is 15.1. The summed E-state index contributed by atoms with van der Waals surface area (Å²) in [7, 11) is 4.19. The first-order chi connectivity index (χ1) is 14.2. The van der Waals surface area contributed by atoms with E-state index >= 15 is 0 Å². The minimum Gasteiger partial charge on any atom is -0.377 e. The maximum Gasteiger partial charge on any atom is 0.170 e. The zero-order chi connectivity index (χ0) is 21.0. The fourth-order valence-corrected chi connectivity index (χ4v) is 4.09. The van der Waals surface area contributed by atoms with E-state index in [2.05, 4.69) is 55.0 Å². The van der Waals surface area contributed by atoms with Crippen LogP contribution in [-0.2, 0) is 6.54 Å². The van der Waals surface area contributed by atoms with Crippen LogP contribution in [0.15, 0.2) is 24.5 Å². The van der Waals surface area contributed by atoms with Crippen LogP contribution in [-0.4, -0.2) is 14.1 Å².